The van der Waals surface area contributed by atoms with Gasteiger partial charge in [0.15, 0.2) is 0 Å². The van der Waals surface area contributed by atoms with Gasteiger partial charge < -0.3 is 4.90 Å². The SMILES string of the molecule is Clc1cccc(CN2CCN(c3nnnn3-c3ccccc3)CC2)c1. The Morgan fingerprint density at radius 3 is 2.48 bits per heavy atom. The molecule has 1 aliphatic rings. The second-order valence-corrected chi connectivity index (χ2v) is 6.56. The number of hydrogen-bond donors (Lipinski definition) is 0. The average molecular weight is 355 g/mol. The minimum absolute atomic E-state index is 0.790. The summed E-state index contributed by atoms with van der Waals surface area (Å²) in [7, 11) is 0. The third-order valence-corrected chi connectivity index (χ3v) is 4.64. The van der Waals surface area contributed by atoms with Gasteiger partial charge in [-0.1, -0.05) is 47.0 Å². The molecule has 25 heavy (non-hydrogen) atoms. The molecule has 7 heteroatoms. The van der Waals surface area contributed by atoms with Crippen LogP contribution in [0.5, 0.6) is 0 Å². The number of nitrogens with zero attached hydrogens (tertiary/aromatic N) is 6. The van der Waals surface area contributed by atoms with Gasteiger partial charge in [-0.05, 0) is 40.3 Å². The fraction of sp³-hybridized carbons (Fsp3) is 0.278. The molecule has 128 valence electrons. The molecule has 0 radical (unpaired) electrons. The minimum Gasteiger partial charge on any atom is -0.337 e. The molecule has 1 aromatic heterocycles. The van der Waals surface area contributed by atoms with Gasteiger partial charge in [-0.2, -0.15) is 4.68 Å². The zero-order valence-corrected chi connectivity index (χ0v) is 14.5. The van der Waals surface area contributed by atoms with E-state index in [9.17, 15) is 0 Å². The third-order valence-electron chi connectivity index (χ3n) is 4.40. The predicted molar refractivity (Wildman–Crippen MR) is 98.1 cm³/mol. The first kappa shape index (κ1) is 16.1. The largest absolute Gasteiger partial charge is 0.337 e. The molecule has 0 N–H and O–H groups in total. The summed E-state index contributed by atoms with van der Waals surface area (Å²) >= 11 is 6.08. The number of benzene rings is 2. The van der Waals surface area contributed by atoms with Crippen LogP contribution >= 0.6 is 11.6 Å². The van der Waals surface area contributed by atoms with E-state index in [1.54, 1.807) is 4.68 Å². The third kappa shape index (κ3) is 3.65. The van der Waals surface area contributed by atoms with Crippen molar-refractivity contribution in [2.24, 2.45) is 0 Å². The average Bonchev–Trinajstić information content (AvgIpc) is 3.13. The molecule has 2 aromatic carbocycles. The molecule has 1 fully saturated rings. The summed E-state index contributed by atoms with van der Waals surface area (Å²) in [6.45, 7) is 4.64. The number of hydrogen-bond acceptors (Lipinski definition) is 5. The highest BCUT2D eigenvalue weighted by Crippen LogP contribution is 2.18. The fourth-order valence-electron chi connectivity index (χ4n) is 3.12. The van der Waals surface area contributed by atoms with Crippen molar-refractivity contribution in [3.8, 4) is 5.69 Å². The summed E-state index contributed by atoms with van der Waals surface area (Å²) in [5, 5.41) is 13.0. The van der Waals surface area contributed by atoms with Crippen LogP contribution in [0.2, 0.25) is 5.02 Å². The zero-order chi connectivity index (χ0) is 17.1. The maximum absolute atomic E-state index is 6.08. The van der Waals surface area contributed by atoms with Crippen molar-refractivity contribution in [3.63, 3.8) is 0 Å². The van der Waals surface area contributed by atoms with E-state index in [2.05, 4.69) is 31.4 Å². The summed E-state index contributed by atoms with van der Waals surface area (Å²) in [6.07, 6.45) is 0. The van der Waals surface area contributed by atoms with Crippen molar-refractivity contribution in [1.82, 2.24) is 25.1 Å². The molecule has 2 heterocycles. The van der Waals surface area contributed by atoms with Crippen molar-refractivity contribution in [1.29, 1.82) is 0 Å². The van der Waals surface area contributed by atoms with Gasteiger partial charge in [0, 0.05) is 37.7 Å². The lowest BCUT2D eigenvalue weighted by molar-refractivity contribution is 0.248. The van der Waals surface area contributed by atoms with E-state index in [4.69, 9.17) is 11.6 Å². The Morgan fingerprint density at radius 1 is 0.920 bits per heavy atom. The summed E-state index contributed by atoms with van der Waals surface area (Å²) in [6, 6.07) is 18.0. The normalized spacial score (nSPS) is 15.5. The second kappa shape index (κ2) is 7.21. The molecule has 1 aliphatic heterocycles. The molecule has 0 aliphatic carbocycles. The predicted octanol–water partition coefficient (Wildman–Crippen LogP) is 2.64. The molecule has 0 spiro atoms. The van der Waals surface area contributed by atoms with E-state index in [0.29, 0.717) is 0 Å². The topological polar surface area (TPSA) is 50.1 Å². The van der Waals surface area contributed by atoms with Crippen LogP contribution in [-0.2, 0) is 6.54 Å². The van der Waals surface area contributed by atoms with Gasteiger partial charge in [-0.25, -0.2) is 0 Å². The van der Waals surface area contributed by atoms with Crippen LogP contribution in [0.1, 0.15) is 5.56 Å². The summed E-state index contributed by atoms with van der Waals surface area (Å²) in [4.78, 5) is 4.67. The number of rotatable bonds is 4. The Bertz CT molecular complexity index is 826. The molecule has 0 saturated carbocycles. The minimum atomic E-state index is 0.790. The van der Waals surface area contributed by atoms with Crippen LogP contribution < -0.4 is 4.90 Å². The zero-order valence-electron chi connectivity index (χ0n) is 13.8. The monoisotopic (exact) mass is 354 g/mol. The molecule has 0 bridgehead atoms. The van der Waals surface area contributed by atoms with Gasteiger partial charge in [-0.15, -0.1) is 0 Å². The number of para-hydroxylation sites is 1. The Balaban J connectivity index is 1.42. The highest BCUT2D eigenvalue weighted by Gasteiger charge is 2.22. The van der Waals surface area contributed by atoms with Gasteiger partial charge in [0.1, 0.15) is 0 Å². The lowest BCUT2D eigenvalue weighted by Crippen LogP contribution is -2.46. The maximum atomic E-state index is 6.08. The number of aromatic nitrogens is 4. The number of anilines is 1. The van der Waals surface area contributed by atoms with Crippen molar-refractivity contribution in [3.05, 3.63) is 65.2 Å². The Kier molecular flexibility index (Phi) is 4.63. The Morgan fingerprint density at radius 2 is 1.72 bits per heavy atom. The molecule has 0 amide bonds. The highest BCUT2D eigenvalue weighted by atomic mass is 35.5. The molecular weight excluding hydrogens is 336 g/mol. The molecule has 6 nitrogen and oxygen atoms in total. The van der Waals surface area contributed by atoms with Crippen LogP contribution in [0, 0.1) is 0 Å². The smallest absolute Gasteiger partial charge is 0.250 e. The molecule has 4 rings (SSSR count). The first-order chi connectivity index (χ1) is 12.3. The van der Waals surface area contributed by atoms with E-state index >= 15 is 0 Å². The number of halogens is 1. The van der Waals surface area contributed by atoms with Gasteiger partial charge in [0.05, 0.1) is 5.69 Å². The van der Waals surface area contributed by atoms with Gasteiger partial charge in [-0.3, -0.25) is 4.90 Å². The van der Waals surface area contributed by atoms with Crippen molar-refractivity contribution in [2.45, 2.75) is 6.54 Å². The quantitative estimate of drug-likeness (QED) is 0.721. The Hall–Kier alpha value is -2.44. The summed E-state index contributed by atoms with van der Waals surface area (Å²) < 4.78 is 1.80. The van der Waals surface area contributed by atoms with Crippen molar-refractivity contribution < 1.29 is 0 Å². The van der Waals surface area contributed by atoms with Crippen LogP contribution in [0.25, 0.3) is 5.69 Å². The Labute approximate surface area is 151 Å². The van der Waals surface area contributed by atoms with Crippen molar-refractivity contribution in [2.75, 3.05) is 31.1 Å². The van der Waals surface area contributed by atoms with E-state index in [1.807, 2.05) is 48.5 Å². The second-order valence-electron chi connectivity index (χ2n) is 6.12. The summed E-state index contributed by atoms with van der Waals surface area (Å²) in [5.41, 5.74) is 2.22. The summed E-state index contributed by atoms with van der Waals surface area (Å²) in [5.74, 6) is 0.800. The van der Waals surface area contributed by atoms with E-state index < -0.39 is 0 Å². The lowest BCUT2D eigenvalue weighted by Gasteiger charge is -2.34. The van der Waals surface area contributed by atoms with Gasteiger partial charge in [0.25, 0.3) is 0 Å². The van der Waals surface area contributed by atoms with Crippen molar-refractivity contribution >= 4 is 17.5 Å². The molecule has 0 atom stereocenters. The fourth-order valence-corrected chi connectivity index (χ4v) is 3.33. The van der Waals surface area contributed by atoms with Crippen LogP contribution in [0.15, 0.2) is 54.6 Å². The van der Waals surface area contributed by atoms with Gasteiger partial charge >= 0.3 is 0 Å². The number of tetrazole rings is 1. The van der Waals surface area contributed by atoms with E-state index in [0.717, 1.165) is 49.4 Å². The van der Waals surface area contributed by atoms with Gasteiger partial charge in [0.2, 0.25) is 5.95 Å². The molecule has 3 aromatic rings. The lowest BCUT2D eigenvalue weighted by atomic mass is 10.2. The first-order valence-electron chi connectivity index (χ1n) is 8.35. The van der Waals surface area contributed by atoms with E-state index in [1.165, 1.54) is 5.56 Å². The molecular formula is C18H19ClN6. The molecule has 0 unspecified atom stereocenters. The van der Waals surface area contributed by atoms with Crippen LogP contribution in [-0.4, -0.2) is 51.3 Å². The first-order valence-corrected chi connectivity index (χ1v) is 8.73. The molecule has 1 saturated heterocycles. The maximum Gasteiger partial charge on any atom is 0.250 e. The number of piperazine rings is 1. The standard InChI is InChI=1S/C18H19ClN6/c19-16-6-4-5-15(13-16)14-23-9-11-24(12-10-23)18-20-21-22-25(18)17-7-2-1-3-8-17/h1-8,13H,9-12,14H2. The highest BCUT2D eigenvalue weighted by molar-refractivity contribution is 6.30. The van der Waals surface area contributed by atoms with Crippen LogP contribution in [0.3, 0.4) is 0 Å². The van der Waals surface area contributed by atoms with Crippen LogP contribution in [0.4, 0.5) is 5.95 Å². The van der Waals surface area contributed by atoms with E-state index in [-0.39, 0.29) is 0 Å².